The summed E-state index contributed by atoms with van der Waals surface area (Å²) in [5.74, 6) is -0.0581. The topological polar surface area (TPSA) is 72.6 Å². The van der Waals surface area contributed by atoms with Crippen LogP contribution in [-0.4, -0.2) is 23.5 Å². The number of carbonyl (C=O) groups is 2. The summed E-state index contributed by atoms with van der Waals surface area (Å²) < 4.78 is 0. The Balaban J connectivity index is 1.85. The normalized spacial score (nSPS) is 28.6. The Kier molecular flexibility index (Phi) is 4.01. The average molecular weight is 252 g/mol. The summed E-state index contributed by atoms with van der Waals surface area (Å²) >= 11 is 0. The van der Waals surface area contributed by atoms with Crippen LogP contribution in [0.3, 0.4) is 0 Å². The van der Waals surface area contributed by atoms with Gasteiger partial charge >= 0.3 is 5.97 Å². The third kappa shape index (κ3) is 2.72. The minimum Gasteiger partial charge on any atom is -0.333 e. The van der Waals surface area contributed by atoms with Crippen molar-refractivity contribution >= 4 is 11.9 Å². The summed E-state index contributed by atoms with van der Waals surface area (Å²) in [4.78, 5) is 28.6. The van der Waals surface area contributed by atoms with Crippen LogP contribution in [0.15, 0.2) is 12.3 Å². The first-order valence-corrected chi connectivity index (χ1v) is 6.54. The summed E-state index contributed by atoms with van der Waals surface area (Å²) in [6, 6.07) is 0. The molecular formula is C13H20N2O3. The van der Waals surface area contributed by atoms with Crippen molar-refractivity contribution in [2.24, 2.45) is 17.6 Å². The molecule has 1 saturated heterocycles. The van der Waals surface area contributed by atoms with E-state index >= 15 is 0 Å². The Morgan fingerprint density at radius 3 is 2.50 bits per heavy atom. The fourth-order valence-electron chi connectivity index (χ4n) is 2.54. The quantitative estimate of drug-likeness (QED) is 0.822. The van der Waals surface area contributed by atoms with Crippen molar-refractivity contribution in [1.29, 1.82) is 0 Å². The third-order valence-corrected chi connectivity index (χ3v) is 3.84. The second-order valence-electron chi connectivity index (χ2n) is 5.12. The third-order valence-electron chi connectivity index (χ3n) is 3.84. The molecule has 1 aliphatic heterocycles. The number of amides is 1. The summed E-state index contributed by atoms with van der Waals surface area (Å²) in [6.45, 7) is 4.40. The van der Waals surface area contributed by atoms with E-state index in [4.69, 9.17) is 10.6 Å². The van der Waals surface area contributed by atoms with Crippen molar-refractivity contribution in [2.75, 3.05) is 6.54 Å². The van der Waals surface area contributed by atoms with E-state index in [-0.39, 0.29) is 17.8 Å². The van der Waals surface area contributed by atoms with Crippen LogP contribution in [0.4, 0.5) is 0 Å². The van der Waals surface area contributed by atoms with Gasteiger partial charge in [0, 0.05) is 6.42 Å². The molecule has 5 heteroatoms. The van der Waals surface area contributed by atoms with Crippen molar-refractivity contribution in [3.05, 3.63) is 12.3 Å². The number of nitrogens with zero attached hydrogens (tertiary/aromatic N) is 1. The zero-order chi connectivity index (χ0) is 13.1. The van der Waals surface area contributed by atoms with E-state index in [1.165, 1.54) is 0 Å². The van der Waals surface area contributed by atoms with Gasteiger partial charge in [-0.05, 0) is 44.6 Å². The molecule has 2 rings (SSSR count). The molecule has 0 spiro atoms. The minimum atomic E-state index is -0.304. The first kappa shape index (κ1) is 13.1. The molecule has 0 aromatic rings. The molecule has 1 heterocycles. The molecule has 18 heavy (non-hydrogen) atoms. The molecule has 0 aromatic carbocycles. The summed E-state index contributed by atoms with van der Waals surface area (Å²) in [6.07, 6.45) is 4.48. The van der Waals surface area contributed by atoms with Crippen LogP contribution >= 0.6 is 0 Å². The van der Waals surface area contributed by atoms with Gasteiger partial charge in [-0.1, -0.05) is 6.58 Å². The smallest absolute Gasteiger partial charge is 0.333 e. The Morgan fingerprint density at radius 2 is 2.00 bits per heavy atom. The van der Waals surface area contributed by atoms with Gasteiger partial charge in [0.1, 0.15) is 0 Å². The number of hydrogen-bond donors (Lipinski definition) is 1. The van der Waals surface area contributed by atoms with E-state index in [2.05, 4.69) is 6.58 Å². The summed E-state index contributed by atoms with van der Waals surface area (Å²) in [7, 11) is 0. The first-order chi connectivity index (χ1) is 8.61. The van der Waals surface area contributed by atoms with Gasteiger partial charge in [-0.25, -0.2) is 4.79 Å². The van der Waals surface area contributed by atoms with Crippen LogP contribution in [0.25, 0.3) is 0 Å². The standard InChI is InChI=1S/C13H20N2O3/c1-9-2-7-12(16)15(9)18-13(17)11-5-3-10(8-14)4-6-11/h10-11H,1-8,14H2. The van der Waals surface area contributed by atoms with Crippen LogP contribution in [0.5, 0.6) is 0 Å². The molecule has 1 amide bonds. The molecular weight excluding hydrogens is 232 g/mol. The summed E-state index contributed by atoms with van der Waals surface area (Å²) in [5, 5.41) is 1.07. The van der Waals surface area contributed by atoms with Gasteiger partial charge in [-0.2, -0.15) is 0 Å². The SMILES string of the molecule is C=C1CCC(=O)N1OC(=O)C1CCC(CN)CC1. The second-order valence-corrected chi connectivity index (χ2v) is 5.12. The lowest BCUT2D eigenvalue weighted by molar-refractivity contribution is -0.191. The lowest BCUT2D eigenvalue weighted by atomic mass is 9.82. The highest BCUT2D eigenvalue weighted by molar-refractivity contribution is 5.82. The zero-order valence-corrected chi connectivity index (χ0v) is 10.6. The predicted octanol–water partition coefficient (Wildman–Crippen LogP) is 1.35. The van der Waals surface area contributed by atoms with E-state index in [1.807, 2.05) is 0 Å². The molecule has 2 aliphatic rings. The second kappa shape index (κ2) is 5.52. The molecule has 0 radical (unpaired) electrons. The van der Waals surface area contributed by atoms with Gasteiger partial charge in [-0.15, -0.1) is 5.06 Å². The van der Waals surface area contributed by atoms with Crippen molar-refractivity contribution in [2.45, 2.75) is 38.5 Å². The number of nitrogens with two attached hydrogens (primary N) is 1. The van der Waals surface area contributed by atoms with Crippen LogP contribution in [0.1, 0.15) is 38.5 Å². The fourth-order valence-corrected chi connectivity index (χ4v) is 2.54. The number of rotatable bonds is 3. The molecule has 0 unspecified atom stereocenters. The van der Waals surface area contributed by atoms with Gasteiger partial charge in [0.25, 0.3) is 5.91 Å². The Hall–Kier alpha value is -1.36. The molecule has 100 valence electrons. The van der Waals surface area contributed by atoms with Gasteiger partial charge in [0.2, 0.25) is 0 Å². The van der Waals surface area contributed by atoms with Gasteiger partial charge in [0.05, 0.1) is 11.6 Å². The highest BCUT2D eigenvalue weighted by atomic mass is 16.7. The minimum absolute atomic E-state index is 0.103. The monoisotopic (exact) mass is 252 g/mol. The molecule has 0 bridgehead atoms. The van der Waals surface area contributed by atoms with Crippen LogP contribution in [0, 0.1) is 11.8 Å². The van der Waals surface area contributed by atoms with E-state index in [0.717, 1.165) is 30.7 Å². The van der Waals surface area contributed by atoms with Crippen molar-refractivity contribution in [3.63, 3.8) is 0 Å². The lowest BCUT2D eigenvalue weighted by Crippen LogP contribution is -2.33. The van der Waals surface area contributed by atoms with E-state index < -0.39 is 0 Å². The highest BCUT2D eigenvalue weighted by Crippen LogP contribution is 2.30. The maximum absolute atomic E-state index is 12.0. The van der Waals surface area contributed by atoms with Gasteiger partial charge in [-0.3, -0.25) is 4.79 Å². The van der Waals surface area contributed by atoms with Gasteiger partial charge < -0.3 is 10.6 Å². The molecule has 1 aliphatic carbocycles. The molecule has 5 nitrogen and oxygen atoms in total. The number of hydroxylamine groups is 2. The first-order valence-electron chi connectivity index (χ1n) is 6.54. The van der Waals surface area contributed by atoms with E-state index in [1.54, 1.807) is 0 Å². The average Bonchev–Trinajstić information content (AvgIpc) is 2.70. The molecule has 0 atom stereocenters. The van der Waals surface area contributed by atoms with Crippen LogP contribution < -0.4 is 5.73 Å². The number of hydrogen-bond acceptors (Lipinski definition) is 4. The maximum atomic E-state index is 12.0. The molecule has 2 fully saturated rings. The van der Waals surface area contributed by atoms with E-state index in [0.29, 0.717) is 31.0 Å². The van der Waals surface area contributed by atoms with Crippen molar-refractivity contribution in [1.82, 2.24) is 5.06 Å². The predicted molar refractivity (Wildman–Crippen MR) is 65.8 cm³/mol. The Morgan fingerprint density at radius 1 is 1.33 bits per heavy atom. The number of allylic oxidation sites excluding steroid dienone is 1. The van der Waals surface area contributed by atoms with Crippen molar-refractivity contribution < 1.29 is 14.4 Å². The van der Waals surface area contributed by atoms with Crippen LogP contribution in [0.2, 0.25) is 0 Å². The Labute approximate surface area is 107 Å². The van der Waals surface area contributed by atoms with Crippen LogP contribution in [-0.2, 0) is 14.4 Å². The zero-order valence-electron chi connectivity index (χ0n) is 10.6. The molecule has 1 saturated carbocycles. The van der Waals surface area contributed by atoms with Crippen molar-refractivity contribution in [3.8, 4) is 0 Å². The Bertz CT molecular complexity index is 343. The van der Waals surface area contributed by atoms with E-state index in [9.17, 15) is 9.59 Å². The molecule has 2 N–H and O–H groups in total. The lowest BCUT2D eigenvalue weighted by Gasteiger charge is -2.27. The largest absolute Gasteiger partial charge is 0.336 e. The fraction of sp³-hybridized carbons (Fsp3) is 0.692. The highest BCUT2D eigenvalue weighted by Gasteiger charge is 2.32. The maximum Gasteiger partial charge on any atom is 0.336 e. The summed E-state index contributed by atoms with van der Waals surface area (Å²) in [5.41, 5.74) is 6.19. The number of carbonyl (C=O) groups excluding carboxylic acids is 2. The molecule has 0 aromatic heterocycles. The van der Waals surface area contributed by atoms with Gasteiger partial charge in [0.15, 0.2) is 0 Å².